The number of aromatic hydroxyl groups is 1. The Bertz CT molecular complexity index is 1360. The van der Waals surface area contributed by atoms with Crippen molar-refractivity contribution in [1.29, 1.82) is 0 Å². The normalized spacial score (nSPS) is 11.1. The van der Waals surface area contributed by atoms with Crippen molar-refractivity contribution in [2.75, 3.05) is 0 Å². The predicted molar refractivity (Wildman–Crippen MR) is 123 cm³/mol. The van der Waals surface area contributed by atoms with Crippen molar-refractivity contribution >= 4 is 11.0 Å². The molecular weight excluding hydrogens is 384 g/mol. The summed E-state index contributed by atoms with van der Waals surface area (Å²) in [4.78, 5) is 13.9. The number of fused-ring (bicyclic) bond motifs is 1. The molecule has 0 saturated carbocycles. The minimum absolute atomic E-state index is 0.0713. The van der Waals surface area contributed by atoms with Gasteiger partial charge in [0, 0.05) is 5.92 Å². The SMILES string of the molecule is O=c1c(C(c2ccccc2)c2ccccc2)c(-c2ccccc2O)oc2ccccc12. The van der Waals surface area contributed by atoms with Crippen LogP contribution in [0.1, 0.15) is 22.6 Å². The Morgan fingerprint density at radius 1 is 0.645 bits per heavy atom. The average molecular weight is 404 g/mol. The smallest absolute Gasteiger partial charge is 0.197 e. The van der Waals surface area contributed by atoms with Gasteiger partial charge in [-0.1, -0.05) is 84.9 Å². The Hall–Kier alpha value is -4.11. The highest BCUT2D eigenvalue weighted by Gasteiger charge is 2.27. The standard InChI is InChI=1S/C28H20O3/c29-23-17-9-7-15-21(23)28-26(27(30)22-16-8-10-18-24(22)31-28)25(19-11-3-1-4-12-19)20-13-5-2-6-14-20/h1-18,25,29H. The molecule has 0 aliphatic rings. The van der Waals surface area contributed by atoms with Crippen LogP contribution in [0.2, 0.25) is 0 Å². The van der Waals surface area contributed by atoms with Gasteiger partial charge in [-0.25, -0.2) is 0 Å². The van der Waals surface area contributed by atoms with Crippen molar-refractivity contribution in [3.05, 3.63) is 136 Å². The summed E-state index contributed by atoms with van der Waals surface area (Å²) in [6.07, 6.45) is 0. The number of phenolic OH excluding ortho intramolecular Hbond substituents is 1. The minimum Gasteiger partial charge on any atom is -0.507 e. The van der Waals surface area contributed by atoms with Gasteiger partial charge in [-0.15, -0.1) is 0 Å². The van der Waals surface area contributed by atoms with Gasteiger partial charge in [0.05, 0.1) is 16.5 Å². The lowest BCUT2D eigenvalue weighted by Crippen LogP contribution is -2.17. The minimum atomic E-state index is -0.349. The van der Waals surface area contributed by atoms with Crippen LogP contribution in [-0.2, 0) is 0 Å². The lowest BCUT2D eigenvalue weighted by Gasteiger charge is -2.21. The molecule has 0 amide bonds. The van der Waals surface area contributed by atoms with Crippen LogP contribution in [0, 0.1) is 0 Å². The maximum atomic E-state index is 13.9. The van der Waals surface area contributed by atoms with E-state index in [9.17, 15) is 9.90 Å². The molecule has 1 aromatic heterocycles. The molecule has 1 N–H and O–H groups in total. The number of hydrogen-bond donors (Lipinski definition) is 1. The van der Waals surface area contributed by atoms with Gasteiger partial charge < -0.3 is 9.52 Å². The summed E-state index contributed by atoms with van der Waals surface area (Å²) in [5, 5.41) is 11.1. The van der Waals surface area contributed by atoms with Crippen molar-refractivity contribution in [3.8, 4) is 17.1 Å². The zero-order valence-electron chi connectivity index (χ0n) is 16.7. The Morgan fingerprint density at radius 3 is 1.84 bits per heavy atom. The van der Waals surface area contributed by atoms with Gasteiger partial charge in [0.25, 0.3) is 0 Å². The molecule has 0 saturated heterocycles. The Morgan fingerprint density at radius 2 is 1.19 bits per heavy atom. The third-order valence-electron chi connectivity index (χ3n) is 5.54. The van der Waals surface area contributed by atoms with E-state index < -0.39 is 0 Å². The molecule has 3 heteroatoms. The van der Waals surface area contributed by atoms with Gasteiger partial charge in [-0.2, -0.15) is 0 Å². The number of hydrogen-bond acceptors (Lipinski definition) is 3. The fourth-order valence-corrected chi connectivity index (χ4v) is 4.10. The summed E-state index contributed by atoms with van der Waals surface area (Å²) in [5.74, 6) is 0.111. The Balaban J connectivity index is 1.91. The van der Waals surface area contributed by atoms with E-state index in [4.69, 9.17) is 4.42 Å². The highest BCUT2D eigenvalue weighted by Crippen LogP contribution is 2.40. The van der Waals surface area contributed by atoms with Crippen LogP contribution in [0.15, 0.2) is 118 Å². The molecule has 150 valence electrons. The fourth-order valence-electron chi connectivity index (χ4n) is 4.10. The zero-order valence-corrected chi connectivity index (χ0v) is 16.7. The van der Waals surface area contributed by atoms with Gasteiger partial charge in [0.1, 0.15) is 17.1 Å². The van der Waals surface area contributed by atoms with E-state index in [0.717, 1.165) is 11.1 Å². The Kier molecular flexibility index (Phi) is 4.85. The maximum absolute atomic E-state index is 13.9. The van der Waals surface area contributed by atoms with Crippen molar-refractivity contribution in [2.24, 2.45) is 0 Å². The Labute approximate surface area is 179 Å². The molecule has 0 fully saturated rings. The van der Waals surface area contributed by atoms with E-state index in [1.165, 1.54) is 0 Å². The van der Waals surface area contributed by atoms with E-state index >= 15 is 0 Å². The van der Waals surface area contributed by atoms with Gasteiger partial charge in [0.15, 0.2) is 5.43 Å². The van der Waals surface area contributed by atoms with E-state index in [1.54, 1.807) is 30.3 Å². The quantitative estimate of drug-likeness (QED) is 0.380. The summed E-state index contributed by atoms with van der Waals surface area (Å²) in [7, 11) is 0. The van der Waals surface area contributed by atoms with Gasteiger partial charge in [-0.05, 0) is 35.4 Å². The monoisotopic (exact) mass is 404 g/mol. The zero-order chi connectivity index (χ0) is 21.2. The average Bonchev–Trinajstić information content (AvgIpc) is 2.82. The predicted octanol–water partition coefficient (Wildman–Crippen LogP) is 6.35. The number of rotatable bonds is 4. The van der Waals surface area contributed by atoms with Crippen LogP contribution >= 0.6 is 0 Å². The van der Waals surface area contributed by atoms with Gasteiger partial charge >= 0.3 is 0 Å². The van der Waals surface area contributed by atoms with Crippen LogP contribution in [0.4, 0.5) is 0 Å². The first-order chi connectivity index (χ1) is 15.2. The molecule has 3 nitrogen and oxygen atoms in total. The first-order valence-electron chi connectivity index (χ1n) is 10.2. The second kappa shape index (κ2) is 7.96. The molecule has 1 heterocycles. The van der Waals surface area contributed by atoms with E-state index in [1.807, 2.05) is 78.9 Å². The number of para-hydroxylation sites is 2. The largest absolute Gasteiger partial charge is 0.507 e. The molecule has 4 aromatic carbocycles. The van der Waals surface area contributed by atoms with Crippen LogP contribution in [0.25, 0.3) is 22.3 Å². The third-order valence-corrected chi connectivity index (χ3v) is 5.54. The molecule has 0 atom stereocenters. The molecule has 5 rings (SSSR count). The molecule has 0 unspecified atom stereocenters. The third kappa shape index (κ3) is 3.40. The fraction of sp³-hybridized carbons (Fsp3) is 0.0357. The summed E-state index contributed by atoms with van der Waals surface area (Å²) >= 11 is 0. The van der Waals surface area contributed by atoms with Crippen LogP contribution in [0.3, 0.4) is 0 Å². The molecule has 5 aromatic rings. The van der Waals surface area contributed by atoms with Crippen LogP contribution in [-0.4, -0.2) is 5.11 Å². The molecule has 0 aliphatic heterocycles. The second-order valence-electron chi connectivity index (χ2n) is 7.44. The lowest BCUT2D eigenvalue weighted by atomic mass is 9.83. The summed E-state index contributed by atoms with van der Waals surface area (Å²) in [6, 6.07) is 34.0. The maximum Gasteiger partial charge on any atom is 0.197 e. The van der Waals surface area contributed by atoms with Crippen molar-refractivity contribution in [1.82, 2.24) is 0 Å². The molecule has 0 bridgehead atoms. The summed E-state index contributed by atoms with van der Waals surface area (Å²) < 4.78 is 6.30. The van der Waals surface area contributed by atoms with Crippen molar-refractivity contribution in [3.63, 3.8) is 0 Å². The van der Waals surface area contributed by atoms with E-state index in [-0.39, 0.29) is 17.1 Å². The molecule has 0 aliphatic carbocycles. The molecular formula is C28H20O3. The molecule has 0 spiro atoms. The van der Waals surface area contributed by atoms with Gasteiger partial charge in [-0.3, -0.25) is 4.79 Å². The van der Waals surface area contributed by atoms with Crippen LogP contribution in [0.5, 0.6) is 5.75 Å². The van der Waals surface area contributed by atoms with Crippen molar-refractivity contribution < 1.29 is 9.52 Å². The highest BCUT2D eigenvalue weighted by atomic mass is 16.3. The lowest BCUT2D eigenvalue weighted by molar-refractivity contribution is 0.474. The second-order valence-corrected chi connectivity index (χ2v) is 7.44. The first kappa shape index (κ1) is 18.9. The van der Waals surface area contributed by atoms with Crippen molar-refractivity contribution in [2.45, 2.75) is 5.92 Å². The summed E-state index contributed by atoms with van der Waals surface area (Å²) in [5.41, 5.74) is 3.36. The first-order valence-corrected chi connectivity index (χ1v) is 10.2. The number of phenols is 1. The summed E-state index contributed by atoms with van der Waals surface area (Å²) in [6.45, 7) is 0. The molecule has 0 radical (unpaired) electrons. The van der Waals surface area contributed by atoms with E-state index in [2.05, 4.69) is 0 Å². The van der Waals surface area contributed by atoms with Crippen LogP contribution < -0.4 is 5.43 Å². The molecule has 31 heavy (non-hydrogen) atoms. The topological polar surface area (TPSA) is 50.4 Å². The highest BCUT2D eigenvalue weighted by molar-refractivity contribution is 5.82. The number of benzene rings is 4. The van der Waals surface area contributed by atoms with E-state index in [0.29, 0.717) is 27.9 Å². The van der Waals surface area contributed by atoms with Gasteiger partial charge in [0.2, 0.25) is 0 Å².